The van der Waals surface area contributed by atoms with Crippen molar-refractivity contribution < 1.29 is 4.79 Å². The average Bonchev–Trinajstić information content (AvgIpc) is 2.27. The lowest BCUT2D eigenvalue weighted by Gasteiger charge is -2.26. The number of nitrogens with zero attached hydrogens (tertiary/aromatic N) is 1. The number of hydrogen-bond donors (Lipinski definition) is 2. The second-order valence-corrected chi connectivity index (χ2v) is 5.03. The monoisotopic (exact) mass is 243 g/mol. The average molecular weight is 243 g/mol. The Morgan fingerprint density at radius 3 is 2.78 bits per heavy atom. The van der Waals surface area contributed by atoms with Crippen LogP contribution in [0.3, 0.4) is 0 Å². The van der Waals surface area contributed by atoms with Gasteiger partial charge in [-0.15, -0.1) is 0 Å². The van der Waals surface area contributed by atoms with Gasteiger partial charge < -0.3 is 11.1 Å². The number of pyridine rings is 1. The van der Waals surface area contributed by atoms with E-state index in [4.69, 9.17) is 5.73 Å². The molecular formula is C14H17N3O. The molecule has 1 heterocycles. The SMILES string of the molecule is CC(C)(CC(N)=O)Nc1nccc2ccccc12. The third-order valence-corrected chi connectivity index (χ3v) is 2.75. The van der Waals surface area contributed by atoms with E-state index in [0.717, 1.165) is 16.6 Å². The Morgan fingerprint density at radius 2 is 2.06 bits per heavy atom. The molecule has 0 unspecified atom stereocenters. The van der Waals surface area contributed by atoms with Gasteiger partial charge in [0.1, 0.15) is 5.82 Å². The van der Waals surface area contributed by atoms with Crippen LogP contribution in [0.15, 0.2) is 36.5 Å². The van der Waals surface area contributed by atoms with E-state index < -0.39 is 5.54 Å². The molecule has 4 nitrogen and oxygen atoms in total. The first-order valence-electron chi connectivity index (χ1n) is 5.88. The fourth-order valence-corrected chi connectivity index (χ4v) is 2.02. The van der Waals surface area contributed by atoms with Gasteiger partial charge >= 0.3 is 0 Å². The summed E-state index contributed by atoms with van der Waals surface area (Å²) >= 11 is 0. The molecule has 1 aromatic carbocycles. The number of aromatic nitrogens is 1. The molecule has 2 rings (SSSR count). The van der Waals surface area contributed by atoms with Crippen LogP contribution in [0.25, 0.3) is 10.8 Å². The molecule has 0 atom stereocenters. The highest BCUT2D eigenvalue weighted by molar-refractivity contribution is 5.92. The number of benzene rings is 1. The molecule has 0 aliphatic rings. The van der Waals surface area contributed by atoms with Gasteiger partial charge in [-0.1, -0.05) is 24.3 Å². The molecule has 0 saturated carbocycles. The van der Waals surface area contributed by atoms with Crippen LogP contribution in [0.4, 0.5) is 5.82 Å². The predicted octanol–water partition coefficient (Wildman–Crippen LogP) is 2.30. The van der Waals surface area contributed by atoms with Gasteiger partial charge in [-0.25, -0.2) is 4.98 Å². The summed E-state index contributed by atoms with van der Waals surface area (Å²) in [5.41, 5.74) is 4.83. The minimum Gasteiger partial charge on any atom is -0.370 e. The largest absolute Gasteiger partial charge is 0.370 e. The van der Waals surface area contributed by atoms with Crippen molar-refractivity contribution in [2.75, 3.05) is 5.32 Å². The summed E-state index contributed by atoms with van der Waals surface area (Å²) in [4.78, 5) is 15.4. The minimum atomic E-state index is -0.414. The zero-order valence-electron chi connectivity index (χ0n) is 10.6. The number of primary amides is 1. The van der Waals surface area contributed by atoms with Crippen LogP contribution >= 0.6 is 0 Å². The summed E-state index contributed by atoms with van der Waals surface area (Å²) in [6.45, 7) is 3.86. The van der Waals surface area contributed by atoms with E-state index in [-0.39, 0.29) is 12.3 Å². The van der Waals surface area contributed by atoms with E-state index in [9.17, 15) is 4.79 Å². The standard InChI is InChI=1S/C14H17N3O/c1-14(2,9-12(15)18)17-13-11-6-4-3-5-10(11)7-8-16-13/h3-8H,9H2,1-2H3,(H2,15,18)(H,16,17). The highest BCUT2D eigenvalue weighted by Crippen LogP contribution is 2.24. The molecule has 0 aliphatic heterocycles. The molecule has 0 fully saturated rings. The van der Waals surface area contributed by atoms with Crippen LogP contribution < -0.4 is 11.1 Å². The van der Waals surface area contributed by atoms with Crippen molar-refractivity contribution in [3.63, 3.8) is 0 Å². The third kappa shape index (κ3) is 2.77. The summed E-state index contributed by atoms with van der Waals surface area (Å²) < 4.78 is 0. The number of nitrogens with two attached hydrogens (primary N) is 1. The molecule has 1 aromatic heterocycles. The Bertz CT molecular complexity index is 573. The van der Waals surface area contributed by atoms with E-state index in [0.29, 0.717) is 0 Å². The molecule has 94 valence electrons. The fourth-order valence-electron chi connectivity index (χ4n) is 2.02. The zero-order chi connectivity index (χ0) is 13.2. The van der Waals surface area contributed by atoms with Crippen LogP contribution in [0.2, 0.25) is 0 Å². The van der Waals surface area contributed by atoms with Gasteiger partial charge in [0.2, 0.25) is 5.91 Å². The Kier molecular flexibility index (Phi) is 3.19. The van der Waals surface area contributed by atoms with Gasteiger partial charge in [0, 0.05) is 23.5 Å². The fraction of sp³-hybridized carbons (Fsp3) is 0.286. The van der Waals surface area contributed by atoms with Gasteiger partial charge in [0.15, 0.2) is 0 Å². The van der Waals surface area contributed by atoms with Crippen molar-refractivity contribution >= 4 is 22.5 Å². The molecule has 0 bridgehead atoms. The molecule has 0 aliphatic carbocycles. The lowest BCUT2D eigenvalue weighted by molar-refractivity contribution is -0.118. The van der Waals surface area contributed by atoms with Crippen molar-refractivity contribution in [1.29, 1.82) is 0 Å². The number of carbonyl (C=O) groups excluding carboxylic acids is 1. The molecule has 0 spiro atoms. The molecule has 0 radical (unpaired) electrons. The smallest absolute Gasteiger partial charge is 0.219 e. The number of anilines is 1. The van der Waals surface area contributed by atoms with E-state index in [2.05, 4.69) is 10.3 Å². The van der Waals surface area contributed by atoms with Crippen molar-refractivity contribution in [2.24, 2.45) is 5.73 Å². The van der Waals surface area contributed by atoms with Crippen LogP contribution in [-0.2, 0) is 4.79 Å². The predicted molar refractivity (Wildman–Crippen MR) is 73.3 cm³/mol. The first-order chi connectivity index (χ1) is 8.48. The normalized spacial score (nSPS) is 11.4. The lowest BCUT2D eigenvalue weighted by Crippen LogP contribution is -2.36. The van der Waals surface area contributed by atoms with Gasteiger partial charge in [0.25, 0.3) is 0 Å². The summed E-state index contributed by atoms with van der Waals surface area (Å²) in [6, 6.07) is 9.95. The van der Waals surface area contributed by atoms with Crippen LogP contribution in [-0.4, -0.2) is 16.4 Å². The first kappa shape index (κ1) is 12.4. The van der Waals surface area contributed by atoms with Crippen LogP contribution in [0.5, 0.6) is 0 Å². The third-order valence-electron chi connectivity index (χ3n) is 2.75. The first-order valence-corrected chi connectivity index (χ1v) is 5.88. The Hall–Kier alpha value is -2.10. The topological polar surface area (TPSA) is 68.0 Å². The minimum absolute atomic E-state index is 0.262. The Morgan fingerprint density at radius 1 is 1.33 bits per heavy atom. The molecule has 3 N–H and O–H groups in total. The number of amides is 1. The van der Waals surface area contributed by atoms with Crippen molar-refractivity contribution in [2.45, 2.75) is 25.8 Å². The van der Waals surface area contributed by atoms with Gasteiger partial charge in [-0.05, 0) is 25.3 Å². The number of carbonyl (C=O) groups is 1. The molecular weight excluding hydrogens is 226 g/mol. The highest BCUT2D eigenvalue weighted by Gasteiger charge is 2.21. The van der Waals surface area contributed by atoms with Crippen molar-refractivity contribution in [3.8, 4) is 0 Å². The van der Waals surface area contributed by atoms with Crippen LogP contribution in [0.1, 0.15) is 20.3 Å². The van der Waals surface area contributed by atoms with E-state index in [1.54, 1.807) is 6.20 Å². The maximum absolute atomic E-state index is 11.0. The second-order valence-electron chi connectivity index (χ2n) is 5.03. The van der Waals surface area contributed by atoms with Crippen molar-refractivity contribution in [3.05, 3.63) is 36.5 Å². The summed E-state index contributed by atoms with van der Waals surface area (Å²) in [5, 5.41) is 5.44. The quantitative estimate of drug-likeness (QED) is 0.865. The van der Waals surface area contributed by atoms with Gasteiger partial charge in [0.05, 0.1) is 0 Å². The maximum atomic E-state index is 11.0. The highest BCUT2D eigenvalue weighted by atomic mass is 16.1. The molecule has 4 heteroatoms. The van der Waals surface area contributed by atoms with Gasteiger partial charge in [-0.2, -0.15) is 0 Å². The Balaban J connectivity index is 2.34. The van der Waals surface area contributed by atoms with E-state index in [1.165, 1.54) is 0 Å². The lowest BCUT2D eigenvalue weighted by atomic mass is 10.00. The maximum Gasteiger partial charge on any atom is 0.219 e. The summed E-state index contributed by atoms with van der Waals surface area (Å²) in [6.07, 6.45) is 2.02. The van der Waals surface area contributed by atoms with E-state index >= 15 is 0 Å². The van der Waals surface area contributed by atoms with Crippen LogP contribution in [0, 0.1) is 0 Å². The summed E-state index contributed by atoms with van der Waals surface area (Å²) in [7, 11) is 0. The molecule has 18 heavy (non-hydrogen) atoms. The van der Waals surface area contributed by atoms with Gasteiger partial charge in [-0.3, -0.25) is 4.79 Å². The Labute approximate surface area is 106 Å². The molecule has 1 amide bonds. The van der Waals surface area contributed by atoms with E-state index in [1.807, 2.05) is 44.2 Å². The molecule has 2 aromatic rings. The summed E-state index contributed by atoms with van der Waals surface area (Å²) in [5.74, 6) is 0.451. The number of rotatable bonds is 4. The zero-order valence-corrected chi connectivity index (χ0v) is 10.6. The number of nitrogens with one attached hydrogen (secondary N) is 1. The number of fused-ring (bicyclic) bond motifs is 1. The van der Waals surface area contributed by atoms with Crippen molar-refractivity contribution in [1.82, 2.24) is 4.98 Å². The number of hydrogen-bond acceptors (Lipinski definition) is 3. The second kappa shape index (κ2) is 4.64. The molecule has 0 saturated heterocycles.